The molecule has 0 aromatic carbocycles. The molecule has 0 N–H and O–H groups in total. The summed E-state index contributed by atoms with van der Waals surface area (Å²) in [6.07, 6.45) is 1.79. The van der Waals surface area contributed by atoms with E-state index < -0.39 is 6.16 Å². The van der Waals surface area contributed by atoms with Crippen LogP contribution in [0.25, 0.3) is 0 Å². The van der Waals surface area contributed by atoms with Gasteiger partial charge in [-0.25, -0.2) is 4.79 Å². The Bertz CT molecular complexity index is 184. The van der Waals surface area contributed by atoms with Gasteiger partial charge in [0, 0.05) is 12.5 Å². The van der Waals surface area contributed by atoms with Gasteiger partial charge < -0.3 is 14.4 Å². The van der Waals surface area contributed by atoms with Gasteiger partial charge in [-0.3, -0.25) is 0 Å². The summed E-state index contributed by atoms with van der Waals surface area (Å²) >= 11 is 0. The Balaban J connectivity index is 2.14. The van der Waals surface area contributed by atoms with Gasteiger partial charge in [0.2, 0.25) is 0 Å². The van der Waals surface area contributed by atoms with Crippen LogP contribution in [-0.2, 0) is 9.47 Å². The lowest BCUT2D eigenvalue weighted by Crippen LogP contribution is -2.34. The maximum Gasteiger partial charge on any atom is 0.508 e. The smallest absolute Gasteiger partial charge is 0.435 e. The van der Waals surface area contributed by atoms with Crippen LogP contribution < -0.4 is 0 Å². The van der Waals surface area contributed by atoms with Crippen LogP contribution in [0.4, 0.5) is 4.79 Å². The maximum atomic E-state index is 10.9. The molecule has 0 aliphatic carbocycles. The SMILES string of the molecule is CCOC(=O)OCC1CCCN(C)C1. The predicted molar refractivity (Wildman–Crippen MR) is 53.2 cm³/mol. The maximum absolute atomic E-state index is 10.9. The zero-order valence-electron chi connectivity index (χ0n) is 8.99. The summed E-state index contributed by atoms with van der Waals surface area (Å²) in [5.74, 6) is 0.471. The van der Waals surface area contributed by atoms with Crippen molar-refractivity contribution in [2.24, 2.45) is 5.92 Å². The molecule has 0 saturated carbocycles. The number of piperidine rings is 1. The lowest BCUT2D eigenvalue weighted by molar-refractivity contribution is 0.0370. The van der Waals surface area contributed by atoms with Crippen LogP contribution >= 0.6 is 0 Å². The summed E-state index contributed by atoms with van der Waals surface area (Å²) in [6.45, 7) is 4.80. The van der Waals surface area contributed by atoms with Gasteiger partial charge in [-0.05, 0) is 33.4 Å². The fourth-order valence-corrected chi connectivity index (χ4v) is 1.75. The van der Waals surface area contributed by atoms with Gasteiger partial charge in [-0.1, -0.05) is 0 Å². The standard InChI is InChI=1S/C10H19NO3/c1-3-13-10(12)14-8-9-5-4-6-11(2)7-9/h9H,3-8H2,1-2H3. The Labute approximate surface area is 85.2 Å². The van der Waals surface area contributed by atoms with Gasteiger partial charge in [0.15, 0.2) is 0 Å². The highest BCUT2D eigenvalue weighted by Gasteiger charge is 2.18. The molecule has 0 radical (unpaired) electrons. The van der Waals surface area contributed by atoms with E-state index in [-0.39, 0.29) is 0 Å². The van der Waals surface area contributed by atoms with Crippen molar-refractivity contribution in [1.82, 2.24) is 4.90 Å². The summed E-state index contributed by atoms with van der Waals surface area (Å²) in [4.78, 5) is 13.2. The van der Waals surface area contributed by atoms with Crippen LogP contribution in [-0.4, -0.2) is 44.4 Å². The van der Waals surface area contributed by atoms with Crippen molar-refractivity contribution in [1.29, 1.82) is 0 Å². The van der Waals surface area contributed by atoms with Crippen molar-refractivity contribution in [3.63, 3.8) is 0 Å². The molecule has 1 rings (SSSR count). The first-order valence-electron chi connectivity index (χ1n) is 5.20. The molecular weight excluding hydrogens is 182 g/mol. The second-order valence-electron chi connectivity index (χ2n) is 3.76. The summed E-state index contributed by atoms with van der Waals surface area (Å²) in [5.41, 5.74) is 0. The fraction of sp³-hybridized carbons (Fsp3) is 0.900. The number of likely N-dealkylation sites (tertiary alicyclic amines) is 1. The average molecular weight is 201 g/mol. The van der Waals surface area contributed by atoms with Gasteiger partial charge in [0.1, 0.15) is 0 Å². The Morgan fingerprint density at radius 2 is 2.29 bits per heavy atom. The summed E-state index contributed by atoms with van der Waals surface area (Å²) in [5, 5.41) is 0. The Morgan fingerprint density at radius 1 is 1.50 bits per heavy atom. The Morgan fingerprint density at radius 3 is 2.93 bits per heavy atom. The van der Waals surface area contributed by atoms with Crippen LogP contribution in [0.5, 0.6) is 0 Å². The van der Waals surface area contributed by atoms with Crippen LogP contribution in [0.3, 0.4) is 0 Å². The number of ether oxygens (including phenoxy) is 2. The second-order valence-corrected chi connectivity index (χ2v) is 3.76. The van der Waals surface area contributed by atoms with E-state index in [0.717, 1.165) is 19.5 Å². The van der Waals surface area contributed by atoms with Crippen molar-refractivity contribution in [3.05, 3.63) is 0 Å². The molecule has 1 unspecified atom stereocenters. The molecule has 0 aromatic heterocycles. The number of carbonyl (C=O) groups excluding carboxylic acids is 1. The number of carbonyl (C=O) groups is 1. The minimum atomic E-state index is -0.541. The molecule has 1 aliphatic heterocycles. The van der Waals surface area contributed by atoms with Crippen LogP contribution in [0.2, 0.25) is 0 Å². The number of hydrogen-bond acceptors (Lipinski definition) is 4. The van der Waals surface area contributed by atoms with Gasteiger partial charge in [0.25, 0.3) is 0 Å². The highest BCUT2D eigenvalue weighted by molar-refractivity contribution is 5.59. The van der Waals surface area contributed by atoms with Crippen LogP contribution in [0, 0.1) is 5.92 Å². The topological polar surface area (TPSA) is 38.8 Å². The molecule has 1 aliphatic rings. The number of hydrogen-bond donors (Lipinski definition) is 0. The van der Waals surface area contributed by atoms with E-state index in [0.29, 0.717) is 19.1 Å². The molecule has 82 valence electrons. The first-order valence-corrected chi connectivity index (χ1v) is 5.20. The highest BCUT2D eigenvalue weighted by atomic mass is 16.7. The molecule has 4 heteroatoms. The third-order valence-corrected chi connectivity index (χ3v) is 2.42. The largest absolute Gasteiger partial charge is 0.508 e. The van der Waals surface area contributed by atoms with E-state index >= 15 is 0 Å². The van der Waals surface area contributed by atoms with Gasteiger partial charge in [-0.2, -0.15) is 0 Å². The monoisotopic (exact) mass is 201 g/mol. The minimum absolute atomic E-state index is 0.378. The fourth-order valence-electron chi connectivity index (χ4n) is 1.75. The molecule has 1 fully saturated rings. The summed E-state index contributed by atoms with van der Waals surface area (Å²) < 4.78 is 9.67. The van der Waals surface area contributed by atoms with Gasteiger partial charge >= 0.3 is 6.16 Å². The van der Waals surface area contributed by atoms with E-state index in [1.165, 1.54) is 6.42 Å². The van der Waals surface area contributed by atoms with Crippen molar-refractivity contribution >= 4 is 6.16 Å². The molecule has 1 heterocycles. The first kappa shape index (κ1) is 11.3. The second kappa shape index (κ2) is 5.86. The van der Waals surface area contributed by atoms with Gasteiger partial charge in [-0.15, -0.1) is 0 Å². The van der Waals surface area contributed by atoms with Crippen LogP contribution in [0.1, 0.15) is 19.8 Å². The zero-order valence-corrected chi connectivity index (χ0v) is 8.99. The zero-order chi connectivity index (χ0) is 10.4. The molecule has 4 nitrogen and oxygen atoms in total. The van der Waals surface area contributed by atoms with Gasteiger partial charge in [0.05, 0.1) is 13.2 Å². The van der Waals surface area contributed by atoms with E-state index in [2.05, 4.69) is 16.7 Å². The van der Waals surface area contributed by atoms with Crippen molar-refractivity contribution < 1.29 is 14.3 Å². The molecule has 1 atom stereocenters. The van der Waals surface area contributed by atoms with E-state index in [1.54, 1.807) is 6.92 Å². The predicted octanol–water partition coefficient (Wildman–Crippen LogP) is 1.50. The number of nitrogens with zero attached hydrogens (tertiary/aromatic N) is 1. The molecule has 0 aromatic rings. The minimum Gasteiger partial charge on any atom is -0.435 e. The third kappa shape index (κ3) is 3.96. The van der Waals surface area contributed by atoms with E-state index in [1.807, 2.05) is 0 Å². The average Bonchev–Trinajstić information content (AvgIpc) is 2.15. The molecule has 0 spiro atoms. The normalized spacial score (nSPS) is 23.1. The molecule has 1 saturated heterocycles. The van der Waals surface area contributed by atoms with E-state index in [9.17, 15) is 4.79 Å². The molecule has 0 bridgehead atoms. The summed E-state index contributed by atoms with van der Waals surface area (Å²) in [7, 11) is 2.09. The van der Waals surface area contributed by atoms with Crippen molar-refractivity contribution in [3.8, 4) is 0 Å². The number of rotatable bonds is 3. The molecule has 0 amide bonds. The van der Waals surface area contributed by atoms with E-state index in [4.69, 9.17) is 4.74 Å². The Kier molecular flexibility index (Phi) is 4.73. The summed E-state index contributed by atoms with van der Waals surface area (Å²) in [6, 6.07) is 0. The first-order chi connectivity index (χ1) is 6.72. The quantitative estimate of drug-likeness (QED) is 0.649. The Hall–Kier alpha value is -0.770. The van der Waals surface area contributed by atoms with Crippen LogP contribution in [0.15, 0.2) is 0 Å². The molecule has 14 heavy (non-hydrogen) atoms. The molecular formula is C10H19NO3. The lowest BCUT2D eigenvalue weighted by atomic mass is 10.00. The lowest BCUT2D eigenvalue weighted by Gasteiger charge is -2.28. The van der Waals surface area contributed by atoms with Crippen molar-refractivity contribution in [2.45, 2.75) is 19.8 Å². The highest BCUT2D eigenvalue weighted by Crippen LogP contribution is 2.15. The van der Waals surface area contributed by atoms with Crippen molar-refractivity contribution in [2.75, 3.05) is 33.4 Å². The third-order valence-electron chi connectivity index (χ3n) is 2.42.